The molecule has 2 amide bonds. The molecule has 0 bridgehead atoms. The molecular weight excluding hydrogens is 334 g/mol. The van der Waals surface area contributed by atoms with Crippen molar-refractivity contribution < 1.29 is 9.59 Å². The molecule has 0 radical (unpaired) electrons. The first-order chi connectivity index (χ1) is 11.9. The van der Waals surface area contributed by atoms with E-state index in [0.717, 1.165) is 30.7 Å². The van der Waals surface area contributed by atoms with E-state index in [1.165, 1.54) is 6.42 Å². The van der Waals surface area contributed by atoms with Crippen molar-refractivity contribution in [3.8, 4) is 0 Å². The molecule has 3 N–H and O–H groups in total. The van der Waals surface area contributed by atoms with Gasteiger partial charge in [-0.1, -0.05) is 0 Å². The number of hydrogen-bond donors (Lipinski definition) is 2. The Morgan fingerprint density at radius 1 is 1.40 bits per heavy atom. The molecule has 1 fully saturated rings. The van der Waals surface area contributed by atoms with E-state index in [1.54, 1.807) is 23.9 Å². The molecule has 1 aliphatic heterocycles. The summed E-state index contributed by atoms with van der Waals surface area (Å²) in [5, 5.41) is 2.88. The van der Waals surface area contributed by atoms with Crippen LogP contribution in [0.25, 0.3) is 0 Å². The van der Waals surface area contributed by atoms with Crippen LogP contribution in [0.4, 0.5) is 5.69 Å². The fourth-order valence-electron chi connectivity index (χ4n) is 3.10. The summed E-state index contributed by atoms with van der Waals surface area (Å²) in [6.45, 7) is 4.83. The van der Waals surface area contributed by atoms with E-state index in [4.69, 9.17) is 5.73 Å². The second-order valence-corrected chi connectivity index (χ2v) is 7.74. The summed E-state index contributed by atoms with van der Waals surface area (Å²) >= 11 is 1.67. The summed E-state index contributed by atoms with van der Waals surface area (Å²) in [4.78, 5) is 26.9. The van der Waals surface area contributed by atoms with Crippen molar-refractivity contribution in [2.24, 2.45) is 5.73 Å². The van der Waals surface area contributed by atoms with Crippen molar-refractivity contribution in [2.45, 2.75) is 51.6 Å². The van der Waals surface area contributed by atoms with Gasteiger partial charge in [-0.15, -0.1) is 0 Å². The number of nitrogens with two attached hydrogens (primary N) is 1. The number of carbonyl (C=O) groups is 2. The first kappa shape index (κ1) is 19.8. The molecule has 1 unspecified atom stereocenters. The van der Waals surface area contributed by atoms with Crippen molar-refractivity contribution in [1.29, 1.82) is 0 Å². The largest absolute Gasteiger partial charge is 0.336 e. The smallest absolute Gasteiger partial charge is 0.254 e. The van der Waals surface area contributed by atoms with Gasteiger partial charge in [0.1, 0.15) is 0 Å². The molecule has 1 aromatic carbocycles. The Morgan fingerprint density at radius 3 is 2.80 bits per heavy atom. The van der Waals surface area contributed by atoms with Gasteiger partial charge in [0.2, 0.25) is 5.91 Å². The molecule has 138 valence electrons. The third-order valence-corrected chi connectivity index (χ3v) is 5.41. The predicted octanol–water partition coefficient (Wildman–Crippen LogP) is 3.03. The van der Waals surface area contributed by atoms with Gasteiger partial charge in [0, 0.05) is 23.8 Å². The number of anilines is 1. The Bertz CT molecular complexity index is 621. The van der Waals surface area contributed by atoms with Crippen LogP contribution in [0, 0.1) is 6.92 Å². The van der Waals surface area contributed by atoms with Gasteiger partial charge in [0.05, 0.1) is 6.04 Å². The average Bonchev–Trinajstić information content (AvgIpc) is 2.61. The summed E-state index contributed by atoms with van der Waals surface area (Å²) in [5.41, 5.74) is 8.17. The third kappa shape index (κ3) is 5.22. The molecule has 1 heterocycles. The highest BCUT2D eigenvalue weighted by atomic mass is 32.2. The maximum atomic E-state index is 12.7. The molecule has 0 spiro atoms. The lowest BCUT2D eigenvalue weighted by molar-refractivity contribution is -0.117. The first-order valence-corrected chi connectivity index (χ1v) is 10.3. The summed E-state index contributed by atoms with van der Waals surface area (Å²) in [5.74, 6) is 0.750. The lowest BCUT2D eigenvalue weighted by Crippen LogP contribution is -2.42. The Hall–Kier alpha value is -1.53. The van der Waals surface area contributed by atoms with Crippen molar-refractivity contribution in [3.63, 3.8) is 0 Å². The third-order valence-electron chi connectivity index (χ3n) is 4.76. The number of carbonyl (C=O) groups excluding carboxylic acids is 2. The van der Waals surface area contributed by atoms with Gasteiger partial charge in [-0.05, 0) is 75.3 Å². The summed E-state index contributed by atoms with van der Waals surface area (Å²) in [6, 6.07) is 5.22. The highest BCUT2D eigenvalue weighted by molar-refractivity contribution is 7.98. The molecule has 6 heteroatoms. The van der Waals surface area contributed by atoms with Crippen LogP contribution < -0.4 is 11.1 Å². The van der Waals surface area contributed by atoms with Gasteiger partial charge in [-0.3, -0.25) is 9.59 Å². The highest BCUT2D eigenvalue weighted by Gasteiger charge is 2.24. The number of rotatable bonds is 6. The van der Waals surface area contributed by atoms with E-state index in [0.29, 0.717) is 17.7 Å². The minimum atomic E-state index is -0.512. The van der Waals surface area contributed by atoms with Crippen LogP contribution in [-0.2, 0) is 4.79 Å². The van der Waals surface area contributed by atoms with Crippen molar-refractivity contribution in [3.05, 3.63) is 29.3 Å². The number of benzene rings is 1. The van der Waals surface area contributed by atoms with Crippen molar-refractivity contribution >= 4 is 29.3 Å². The molecule has 1 aliphatic rings. The summed E-state index contributed by atoms with van der Waals surface area (Å²) < 4.78 is 0. The zero-order valence-corrected chi connectivity index (χ0v) is 16.2. The number of nitrogens with one attached hydrogen (secondary N) is 1. The number of likely N-dealkylation sites (tertiary alicyclic amines) is 1. The zero-order chi connectivity index (χ0) is 18.4. The minimum Gasteiger partial charge on any atom is -0.336 e. The van der Waals surface area contributed by atoms with Gasteiger partial charge in [0.25, 0.3) is 5.91 Å². The van der Waals surface area contributed by atoms with E-state index in [-0.39, 0.29) is 17.9 Å². The maximum Gasteiger partial charge on any atom is 0.254 e. The molecule has 2 atom stereocenters. The molecule has 1 saturated heterocycles. The van der Waals surface area contributed by atoms with Crippen molar-refractivity contribution in [2.75, 3.05) is 23.9 Å². The Kier molecular flexibility index (Phi) is 7.32. The van der Waals surface area contributed by atoms with Crippen LogP contribution in [0.5, 0.6) is 0 Å². The quantitative estimate of drug-likeness (QED) is 0.815. The maximum absolute atomic E-state index is 12.7. The van der Waals surface area contributed by atoms with Crippen LogP contribution >= 0.6 is 11.8 Å². The Balaban J connectivity index is 2.04. The average molecular weight is 364 g/mol. The van der Waals surface area contributed by atoms with Crippen LogP contribution in [0.3, 0.4) is 0 Å². The van der Waals surface area contributed by atoms with E-state index < -0.39 is 6.04 Å². The lowest BCUT2D eigenvalue weighted by atomic mass is 10.0. The fourth-order valence-corrected chi connectivity index (χ4v) is 3.59. The number of amides is 2. The van der Waals surface area contributed by atoms with Gasteiger partial charge in [-0.25, -0.2) is 0 Å². The molecule has 0 aromatic heterocycles. The van der Waals surface area contributed by atoms with Gasteiger partial charge < -0.3 is 16.0 Å². The molecule has 0 saturated carbocycles. The standard InChI is InChI=1S/C19H29N3O2S/c1-13-12-15(19(24)22-10-5-4-6-14(22)2)7-8-17(13)21-18(23)16(20)9-11-25-3/h7-8,12,14,16H,4-6,9-11,20H2,1-3H3,(H,21,23)/t14?,16-/m0/s1. The van der Waals surface area contributed by atoms with E-state index in [1.807, 2.05) is 24.1 Å². The number of nitrogens with zero attached hydrogens (tertiary/aromatic N) is 1. The second-order valence-electron chi connectivity index (χ2n) is 6.75. The number of thioether (sulfide) groups is 1. The lowest BCUT2D eigenvalue weighted by Gasteiger charge is -2.33. The second kappa shape index (κ2) is 9.25. The first-order valence-electron chi connectivity index (χ1n) is 8.91. The SMILES string of the molecule is CSCC[C@H](N)C(=O)Nc1ccc(C(=O)N2CCCCC2C)cc1C. The minimum absolute atomic E-state index is 0.0739. The summed E-state index contributed by atoms with van der Waals surface area (Å²) in [6.07, 6.45) is 5.96. The highest BCUT2D eigenvalue weighted by Crippen LogP contribution is 2.22. The Labute approximate surface area is 154 Å². The monoisotopic (exact) mass is 363 g/mol. The number of hydrogen-bond acceptors (Lipinski definition) is 4. The molecule has 25 heavy (non-hydrogen) atoms. The fraction of sp³-hybridized carbons (Fsp3) is 0.579. The molecule has 2 rings (SSSR count). The summed E-state index contributed by atoms with van der Waals surface area (Å²) in [7, 11) is 0. The number of aryl methyl sites for hydroxylation is 1. The van der Waals surface area contributed by atoms with Gasteiger partial charge >= 0.3 is 0 Å². The molecule has 1 aromatic rings. The van der Waals surface area contributed by atoms with Crippen LogP contribution in [0.1, 0.15) is 48.5 Å². The normalized spacial score (nSPS) is 18.7. The van der Waals surface area contributed by atoms with Crippen LogP contribution in [-0.4, -0.2) is 47.4 Å². The van der Waals surface area contributed by atoms with Gasteiger partial charge in [-0.2, -0.15) is 11.8 Å². The number of piperidine rings is 1. The predicted molar refractivity (Wildman–Crippen MR) is 105 cm³/mol. The van der Waals surface area contributed by atoms with Gasteiger partial charge in [0.15, 0.2) is 0 Å². The molecule has 0 aliphatic carbocycles. The van der Waals surface area contributed by atoms with Crippen molar-refractivity contribution in [1.82, 2.24) is 4.90 Å². The van der Waals surface area contributed by atoms with E-state index in [9.17, 15) is 9.59 Å². The molecule has 5 nitrogen and oxygen atoms in total. The molecular formula is C19H29N3O2S. The van der Waals surface area contributed by atoms with E-state index >= 15 is 0 Å². The van der Waals surface area contributed by atoms with Crippen LogP contribution in [0.15, 0.2) is 18.2 Å². The van der Waals surface area contributed by atoms with E-state index in [2.05, 4.69) is 12.2 Å². The zero-order valence-electron chi connectivity index (χ0n) is 15.4. The topological polar surface area (TPSA) is 75.4 Å². The van der Waals surface area contributed by atoms with Crippen LogP contribution in [0.2, 0.25) is 0 Å². The Morgan fingerprint density at radius 2 is 2.16 bits per heavy atom.